The third-order valence-electron chi connectivity index (χ3n) is 3.67. The number of carboxylic acid groups (broad SMARTS) is 1. The molecule has 1 heterocycles. The number of carbonyl (C=O) groups excluding carboxylic acids is 1. The van der Waals surface area contributed by atoms with E-state index in [0.29, 0.717) is 16.4 Å². The molecule has 3 rings (SSSR count). The van der Waals surface area contributed by atoms with Gasteiger partial charge in [-0.3, -0.25) is 14.5 Å². The molecule has 1 aliphatic heterocycles. The second-order valence-corrected chi connectivity index (χ2v) is 6.90. The summed E-state index contributed by atoms with van der Waals surface area (Å²) in [5.41, 5.74) is 1.54. The summed E-state index contributed by atoms with van der Waals surface area (Å²) in [6.07, 6.45) is 1.61. The number of amides is 1. The van der Waals surface area contributed by atoms with Crippen LogP contribution in [0.15, 0.2) is 65.3 Å². The Kier molecular flexibility index (Phi) is 5.09. The Balaban J connectivity index is 1.99. The molecule has 0 aliphatic carbocycles. The van der Waals surface area contributed by atoms with Gasteiger partial charge in [-0.05, 0) is 42.8 Å². The van der Waals surface area contributed by atoms with Crippen molar-refractivity contribution >= 4 is 40.6 Å². The molecule has 2 aromatic rings. The summed E-state index contributed by atoms with van der Waals surface area (Å²) in [5.74, 6) is -1.18. The molecule has 0 radical (unpaired) electrons. The molecular weight excluding hydrogens is 352 g/mol. The molecule has 0 saturated carbocycles. The molecule has 1 aliphatic rings. The number of anilines is 1. The Morgan fingerprint density at radius 3 is 2.42 bits per heavy atom. The van der Waals surface area contributed by atoms with E-state index in [2.05, 4.69) is 4.99 Å². The van der Waals surface area contributed by atoms with Crippen molar-refractivity contribution in [2.45, 2.75) is 12.2 Å². The van der Waals surface area contributed by atoms with Crippen molar-refractivity contribution in [3.63, 3.8) is 0 Å². The van der Waals surface area contributed by atoms with E-state index in [1.807, 2.05) is 6.07 Å². The van der Waals surface area contributed by atoms with Gasteiger partial charge in [-0.2, -0.15) is 0 Å². The number of aromatic hydroxyl groups is 1. The zero-order valence-corrected chi connectivity index (χ0v) is 14.7. The van der Waals surface area contributed by atoms with Crippen LogP contribution in [0.2, 0.25) is 0 Å². The van der Waals surface area contributed by atoms with Crippen LogP contribution in [0.3, 0.4) is 0 Å². The predicted octanol–water partition coefficient (Wildman–Crippen LogP) is 3.34. The molecule has 1 unspecified atom stereocenters. The highest BCUT2D eigenvalue weighted by Gasteiger charge is 2.33. The lowest BCUT2D eigenvalue weighted by Crippen LogP contribution is -2.32. The monoisotopic (exact) mass is 368 g/mol. The van der Waals surface area contributed by atoms with E-state index in [0.717, 1.165) is 11.8 Å². The molecule has 1 atom stereocenters. The number of carbonyl (C=O) groups is 2. The first kappa shape index (κ1) is 17.8. The highest BCUT2D eigenvalue weighted by molar-refractivity contribution is 8.15. The van der Waals surface area contributed by atoms with Gasteiger partial charge >= 0.3 is 5.97 Å². The normalized spacial score (nSPS) is 16.7. The second kappa shape index (κ2) is 7.45. The van der Waals surface area contributed by atoms with Gasteiger partial charge in [-0.1, -0.05) is 42.1 Å². The maximum atomic E-state index is 12.9. The van der Waals surface area contributed by atoms with Gasteiger partial charge in [0.2, 0.25) is 0 Å². The number of para-hydroxylation sites is 1. The number of thioether (sulfide) groups is 1. The molecular formula is C19H16N2O4S. The first-order valence-electron chi connectivity index (χ1n) is 7.84. The fourth-order valence-corrected chi connectivity index (χ4v) is 3.18. The number of hydrogen-bond acceptors (Lipinski definition) is 5. The summed E-state index contributed by atoms with van der Waals surface area (Å²) in [6.45, 7) is 1.55. The number of aliphatic imine (C=N–C) groups is 1. The van der Waals surface area contributed by atoms with Crippen LogP contribution in [0.4, 0.5) is 5.69 Å². The number of phenolic OH excluding ortho intramolecular Hbond substituents is 1. The van der Waals surface area contributed by atoms with E-state index in [1.54, 1.807) is 49.4 Å². The van der Waals surface area contributed by atoms with Crippen LogP contribution in [0, 0.1) is 0 Å². The van der Waals surface area contributed by atoms with Crippen LogP contribution in [0.5, 0.6) is 5.75 Å². The Bertz CT molecular complexity index is 892. The van der Waals surface area contributed by atoms with Gasteiger partial charge in [-0.25, -0.2) is 4.99 Å². The van der Waals surface area contributed by atoms with Crippen LogP contribution in [-0.2, 0) is 9.59 Å². The molecule has 0 spiro atoms. The van der Waals surface area contributed by atoms with Crippen molar-refractivity contribution in [1.29, 1.82) is 0 Å². The summed E-state index contributed by atoms with van der Waals surface area (Å²) in [7, 11) is 0. The van der Waals surface area contributed by atoms with E-state index in [4.69, 9.17) is 0 Å². The van der Waals surface area contributed by atoms with Gasteiger partial charge < -0.3 is 10.2 Å². The third kappa shape index (κ3) is 3.78. The Morgan fingerprint density at radius 2 is 1.81 bits per heavy atom. The highest BCUT2D eigenvalue weighted by Crippen LogP contribution is 2.31. The van der Waals surface area contributed by atoms with E-state index < -0.39 is 11.2 Å². The summed E-state index contributed by atoms with van der Waals surface area (Å²) in [5, 5.41) is 18.1. The van der Waals surface area contributed by atoms with Gasteiger partial charge in [0.05, 0.1) is 5.69 Å². The lowest BCUT2D eigenvalue weighted by atomic mass is 10.2. The number of aliphatic carboxylic acids is 1. The third-order valence-corrected chi connectivity index (χ3v) is 4.71. The SMILES string of the molecule is CC(SC1=N/C(=C\c2ccc(O)cc2)C(=O)N1c1ccccc1)C(=O)O. The van der Waals surface area contributed by atoms with E-state index in [-0.39, 0.29) is 17.4 Å². The van der Waals surface area contributed by atoms with Gasteiger partial charge in [0, 0.05) is 0 Å². The number of phenols is 1. The fraction of sp³-hybridized carbons (Fsp3) is 0.105. The van der Waals surface area contributed by atoms with Crippen molar-refractivity contribution in [3.8, 4) is 5.75 Å². The lowest BCUT2D eigenvalue weighted by Gasteiger charge is -2.18. The molecule has 0 fully saturated rings. The number of carboxylic acids is 1. The maximum Gasteiger partial charge on any atom is 0.316 e. The minimum atomic E-state index is -0.978. The van der Waals surface area contributed by atoms with E-state index >= 15 is 0 Å². The predicted molar refractivity (Wildman–Crippen MR) is 102 cm³/mol. The zero-order valence-electron chi connectivity index (χ0n) is 13.9. The number of rotatable bonds is 4. The number of hydrogen-bond donors (Lipinski definition) is 2. The van der Waals surface area contributed by atoms with Crippen LogP contribution in [0.25, 0.3) is 6.08 Å². The average Bonchev–Trinajstić information content (AvgIpc) is 2.92. The average molecular weight is 368 g/mol. The first-order chi connectivity index (χ1) is 12.5. The van der Waals surface area contributed by atoms with Crippen LogP contribution in [0.1, 0.15) is 12.5 Å². The standard InChI is InChI=1S/C19H16N2O4S/c1-12(18(24)25)26-19-20-16(11-13-7-9-15(22)10-8-13)17(23)21(19)14-5-3-2-4-6-14/h2-12,22H,1H3,(H,24,25)/b16-11-. The summed E-state index contributed by atoms with van der Waals surface area (Å²) < 4.78 is 0. The van der Waals surface area contributed by atoms with E-state index in [9.17, 15) is 19.8 Å². The van der Waals surface area contributed by atoms with Crippen molar-refractivity contribution in [3.05, 3.63) is 65.9 Å². The number of benzene rings is 2. The smallest absolute Gasteiger partial charge is 0.316 e. The van der Waals surface area contributed by atoms with Crippen molar-refractivity contribution in [2.24, 2.45) is 4.99 Å². The van der Waals surface area contributed by atoms with Gasteiger partial charge in [0.25, 0.3) is 5.91 Å². The van der Waals surface area contributed by atoms with Crippen molar-refractivity contribution < 1.29 is 19.8 Å². The molecule has 0 aromatic heterocycles. The second-order valence-electron chi connectivity index (χ2n) is 5.59. The Labute approximate surface area is 154 Å². The molecule has 1 amide bonds. The first-order valence-corrected chi connectivity index (χ1v) is 8.72. The van der Waals surface area contributed by atoms with Gasteiger partial charge in [0.15, 0.2) is 5.17 Å². The van der Waals surface area contributed by atoms with Crippen LogP contribution >= 0.6 is 11.8 Å². The van der Waals surface area contributed by atoms with E-state index in [1.165, 1.54) is 17.0 Å². The lowest BCUT2D eigenvalue weighted by molar-refractivity contribution is -0.136. The highest BCUT2D eigenvalue weighted by atomic mass is 32.2. The van der Waals surface area contributed by atoms with Gasteiger partial charge in [-0.15, -0.1) is 0 Å². The molecule has 6 nitrogen and oxygen atoms in total. The topological polar surface area (TPSA) is 90.2 Å². The number of amidine groups is 1. The fourth-order valence-electron chi connectivity index (χ4n) is 2.32. The maximum absolute atomic E-state index is 12.9. The Morgan fingerprint density at radius 1 is 1.15 bits per heavy atom. The Hall–Kier alpha value is -3.06. The minimum Gasteiger partial charge on any atom is -0.508 e. The van der Waals surface area contributed by atoms with Crippen molar-refractivity contribution in [2.75, 3.05) is 4.90 Å². The van der Waals surface area contributed by atoms with Crippen molar-refractivity contribution in [1.82, 2.24) is 0 Å². The molecule has 132 valence electrons. The largest absolute Gasteiger partial charge is 0.508 e. The quantitative estimate of drug-likeness (QED) is 0.808. The molecule has 7 heteroatoms. The van der Waals surface area contributed by atoms with Crippen LogP contribution < -0.4 is 4.90 Å². The molecule has 0 bridgehead atoms. The van der Waals surface area contributed by atoms with Crippen LogP contribution in [-0.4, -0.2) is 32.5 Å². The molecule has 2 aromatic carbocycles. The van der Waals surface area contributed by atoms with Gasteiger partial charge in [0.1, 0.15) is 16.7 Å². The number of nitrogens with zero attached hydrogens (tertiary/aromatic N) is 2. The summed E-state index contributed by atoms with van der Waals surface area (Å²) in [4.78, 5) is 29.8. The zero-order chi connectivity index (χ0) is 18.7. The minimum absolute atomic E-state index is 0.130. The molecule has 2 N–H and O–H groups in total. The molecule has 26 heavy (non-hydrogen) atoms. The molecule has 0 saturated heterocycles. The summed E-state index contributed by atoms with van der Waals surface area (Å²) >= 11 is 1.01. The summed E-state index contributed by atoms with van der Waals surface area (Å²) in [6, 6.07) is 15.3.